The van der Waals surface area contributed by atoms with Crippen LogP contribution in [0.3, 0.4) is 0 Å². The fourth-order valence-electron chi connectivity index (χ4n) is 6.69. The van der Waals surface area contributed by atoms with Crippen LogP contribution in [-0.2, 0) is 11.3 Å². The first kappa shape index (κ1) is 25.1. The fourth-order valence-corrected chi connectivity index (χ4v) is 6.69. The second-order valence-corrected chi connectivity index (χ2v) is 11.2. The highest BCUT2D eigenvalue weighted by Gasteiger charge is 2.43. The summed E-state index contributed by atoms with van der Waals surface area (Å²) in [4.78, 5) is 17.0. The van der Waals surface area contributed by atoms with Gasteiger partial charge in [-0.05, 0) is 50.2 Å². The van der Waals surface area contributed by atoms with E-state index in [0.29, 0.717) is 37.8 Å². The lowest BCUT2D eigenvalue weighted by molar-refractivity contribution is 0.0622. The van der Waals surface area contributed by atoms with E-state index in [-0.39, 0.29) is 18.1 Å². The van der Waals surface area contributed by atoms with Crippen LogP contribution < -0.4 is 5.73 Å². The number of rotatable bonds is 8. The number of nitrogens with zero attached hydrogens (tertiary/aromatic N) is 5. The van der Waals surface area contributed by atoms with Crippen LogP contribution in [0.25, 0.3) is 0 Å². The highest BCUT2D eigenvalue weighted by atomic mass is 16.6. The molecule has 3 saturated heterocycles. The van der Waals surface area contributed by atoms with Crippen LogP contribution in [-0.4, -0.2) is 62.4 Å². The highest BCUT2D eigenvalue weighted by Crippen LogP contribution is 2.43. The SMILES string of the molecule is Cc1nnc(C2CN(C(=O)OCc3ccccc3)C2)n1C1CC2CCC(C1)N2CC[C@H](N)c1ccccc1. The maximum atomic E-state index is 12.5. The second-order valence-electron chi connectivity index (χ2n) is 11.2. The molecule has 1 aromatic heterocycles. The first-order valence-electron chi connectivity index (χ1n) is 14.0. The molecule has 3 atom stereocenters. The van der Waals surface area contributed by atoms with Crippen LogP contribution in [0, 0.1) is 6.92 Å². The number of hydrogen-bond acceptors (Lipinski definition) is 6. The summed E-state index contributed by atoms with van der Waals surface area (Å²) < 4.78 is 7.90. The van der Waals surface area contributed by atoms with Gasteiger partial charge in [-0.1, -0.05) is 60.7 Å². The van der Waals surface area contributed by atoms with Crippen molar-refractivity contribution in [1.82, 2.24) is 24.6 Å². The quantitative estimate of drug-likeness (QED) is 0.473. The van der Waals surface area contributed by atoms with Crippen molar-refractivity contribution in [2.24, 2.45) is 5.73 Å². The number of piperidine rings is 1. The van der Waals surface area contributed by atoms with Gasteiger partial charge in [0.2, 0.25) is 0 Å². The number of carbonyl (C=O) groups excluding carboxylic acids is 1. The van der Waals surface area contributed by atoms with Gasteiger partial charge in [-0.3, -0.25) is 4.90 Å². The molecule has 8 heteroatoms. The van der Waals surface area contributed by atoms with Gasteiger partial charge in [0.05, 0.1) is 5.92 Å². The molecule has 2 unspecified atom stereocenters. The van der Waals surface area contributed by atoms with Gasteiger partial charge in [-0.15, -0.1) is 10.2 Å². The maximum absolute atomic E-state index is 12.5. The average molecular weight is 515 g/mol. The lowest BCUT2D eigenvalue weighted by Crippen LogP contribution is -2.50. The van der Waals surface area contributed by atoms with E-state index >= 15 is 0 Å². The zero-order valence-corrected chi connectivity index (χ0v) is 22.2. The molecule has 0 aliphatic carbocycles. The summed E-state index contributed by atoms with van der Waals surface area (Å²) in [5, 5.41) is 9.06. The molecule has 6 rings (SSSR count). The molecule has 0 spiro atoms. The molecule has 2 bridgehead atoms. The van der Waals surface area contributed by atoms with Crippen LogP contribution in [0.5, 0.6) is 0 Å². The lowest BCUT2D eigenvalue weighted by atomic mass is 9.94. The predicted molar refractivity (Wildman–Crippen MR) is 145 cm³/mol. The Kier molecular flexibility index (Phi) is 7.17. The molecule has 200 valence electrons. The van der Waals surface area contributed by atoms with Crippen molar-refractivity contribution in [3.63, 3.8) is 0 Å². The van der Waals surface area contributed by atoms with Crippen LogP contribution in [0.1, 0.15) is 72.9 Å². The van der Waals surface area contributed by atoms with Crippen LogP contribution in [0.2, 0.25) is 0 Å². The van der Waals surface area contributed by atoms with Gasteiger partial charge in [-0.25, -0.2) is 4.79 Å². The Morgan fingerprint density at radius 2 is 1.63 bits per heavy atom. The van der Waals surface area contributed by atoms with E-state index in [0.717, 1.165) is 43.0 Å². The van der Waals surface area contributed by atoms with E-state index in [1.165, 1.54) is 18.4 Å². The fraction of sp³-hybridized carbons (Fsp3) is 0.500. The number of nitrogens with two attached hydrogens (primary N) is 1. The Morgan fingerprint density at radius 3 is 2.32 bits per heavy atom. The summed E-state index contributed by atoms with van der Waals surface area (Å²) in [5.74, 6) is 2.22. The van der Waals surface area contributed by atoms with E-state index in [4.69, 9.17) is 10.5 Å². The molecule has 0 radical (unpaired) electrons. The third-order valence-corrected chi connectivity index (χ3v) is 8.75. The van der Waals surface area contributed by atoms with Crippen LogP contribution >= 0.6 is 0 Å². The van der Waals surface area contributed by atoms with E-state index in [2.05, 4.69) is 50.9 Å². The topological polar surface area (TPSA) is 89.5 Å². The third kappa shape index (κ3) is 5.07. The van der Waals surface area contributed by atoms with Crippen molar-refractivity contribution >= 4 is 6.09 Å². The van der Waals surface area contributed by atoms with Gasteiger partial charge in [0.25, 0.3) is 0 Å². The van der Waals surface area contributed by atoms with Crippen LogP contribution in [0.15, 0.2) is 60.7 Å². The van der Waals surface area contributed by atoms with Crippen molar-refractivity contribution in [1.29, 1.82) is 0 Å². The Balaban J connectivity index is 1.04. The second kappa shape index (κ2) is 10.9. The van der Waals surface area contributed by atoms with Crippen LogP contribution in [0.4, 0.5) is 4.79 Å². The Hall–Kier alpha value is -3.23. The summed E-state index contributed by atoms with van der Waals surface area (Å²) in [6.45, 7) is 4.68. The molecule has 1 amide bonds. The summed E-state index contributed by atoms with van der Waals surface area (Å²) in [5.41, 5.74) is 8.74. The Bertz CT molecular complexity index is 1210. The van der Waals surface area contributed by atoms with Gasteiger partial charge in [0.15, 0.2) is 0 Å². The summed E-state index contributed by atoms with van der Waals surface area (Å²) in [6, 6.07) is 21.9. The standard InChI is InChI=1S/C30H38N6O2/c1-21-32-33-29(24-18-34(19-24)30(37)38-20-22-8-4-2-5-9-22)36(21)27-16-25-12-13-26(17-27)35(25)15-14-28(31)23-10-6-3-7-11-23/h2-11,24-28H,12-20,31H2,1H3/t25?,26?,27?,28-/m0/s1. The van der Waals surface area contributed by atoms with Gasteiger partial charge in [-0.2, -0.15) is 0 Å². The van der Waals surface area contributed by atoms with Crippen molar-refractivity contribution in [3.05, 3.63) is 83.4 Å². The molecule has 3 fully saturated rings. The third-order valence-electron chi connectivity index (χ3n) is 8.75. The summed E-state index contributed by atoms with van der Waals surface area (Å²) >= 11 is 0. The zero-order chi connectivity index (χ0) is 26.1. The van der Waals surface area contributed by atoms with Crippen molar-refractivity contribution in [2.75, 3.05) is 19.6 Å². The Morgan fingerprint density at radius 1 is 0.974 bits per heavy atom. The minimum Gasteiger partial charge on any atom is -0.445 e. The minimum atomic E-state index is -0.257. The normalized spacial score (nSPS) is 24.3. The molecule has 38 heavy (non-hydrogen) atoms. The smallest absolute Gasteiger partial charge is 0.410 e. The molecular formula is C30H38N6O2. The number of aryl methyl sites for hydroxylation is 1. The molecule has 3 aromatic rings. The molecule has 0 saturated carbocycles. The molecule has 2 aromatic carbocycles. The predicted octanol–water partition coefficient (Wildman–Crippen LogP) is 4.58. The number of amides is 1. The van der Waals surface area contributed by atoms with E-state index < -0.39 is 0 Å². The summed E-state index contributed by atoms with van der Waals surface area (Å²) in [6.07, 6.45) is 5.48. The molecule has 8 nitrogen and oxygen atoms in total. The Labute approximate surface area is 224 Å². The largest absolute Gasteiger partial charge is 0.445 e. The van der Waals surface area contributed by atoms with Gasteiger partial charge >= 0.3 is 6.09 Å². The van der Waals surface area contributed by atoms with Gasteiger partial charge in [0.1, 0.15) is 18.3 Å². The molecule has 3 aliphatic heterocycles. The number of aromatic nitrogens is 3. The first-order valence-corrected chi connectivity index (χ1v) is 14.0. The highest BCUT2D eigenvalue weighted by molar-refractivity contribution is 5.69. The molecule has 2 N–H and O–H groups in total. The average Bonchev–Trinajstić information content (AvgIpc) is 3.40. The monoisotopic (exact) mass is 514 g/mol. The number of carbonyl (C=O) groups is 1. The molecular weight excluding hydrogens is 476 g/mol. The lowest BCUT2D eigenvalue weighted by Gasteiger charge is -2.42. The van der Waals surface area contributed by atoms with E-state index in [9.17, 15) is 4.79 Å². The number of ether oxygens (including phenoxy) is 1. The van der Waals surface area contributed by atoms with Crippen molar-refractivity contribution in [3.8, 4) is 0 Å². The number of hydrogen-bond donors (Lipinski definition) is 1. The van der Waals surface area contributed by atoms with Gasteiger partial charge in [0, 0.05) is 43.8 Å². The first-order chi connectivity index (χ1) is 18.6. The van der Waals surface area contributed by atoms with Gasteiger partial charge < -0.3 is 19.9 Å². The zero-order valence-electron chi connectivity index (χ0n) is 22.2. The van der Waals surface area contributed by atoms with E-state index in [1.54, 1.807) is 4.90 Å². The molecule has 3 aliphatic rings. The summed E-state index contributed by atoms with van der Waals surface area (Å²) in [7, 11) is 0. The number of fused-ring (bicyclic) bond motifs is 2. The van der Waals surface area contributed by atoms with Crippen molar-refractivity contribution < 1.29 is 9.53 Å². The van der Waals surface area contributed by atoms with Crippen molar-refractivity contribution in [2.45, 2.75) is 75.7 Å². The number of benzene rings is 2. The minimum absolute atomic E-state index is 0.0842. The van der Waals surface area contributed by atoms with E-state index in [1.807, 2.05) is 36.4 Å². The number of likely N-dealkylation sites (tertiary alicyclic amines) is 1. The maximum Gasteiger partial charge on any atom is 0.410 e. The molecule has 4 heterocycles.